The second kappa shape index (κ2) is 5.68. The Labute approximate surface area is 133 Å². The minimum absolute atomic E-state index is 0.0644. The van der Waals surface area contributed by atoms with Crippen molar-refractivity contribution in [2.24, 2.45) is 5.92 Å². The van der Waals surface area contributed by atoms with E-state index in [1.807, 2.05) is 31.2 Å². The van der Waals surface area contributed by atoms with E-state index >= 15 is 0 Å². The van der Waals surface area contributed by atoms with E-state index in [1.54, 1.807) is 16.8 Å². The normalized spacial score (nSPS) is 12.4. The molecule has 0 aliphatic heterocycles. The number of fused-ring (bicyclic) bond motifs is 1. The molecule has 0 fully saturated rings. The van der Waals surface area contributed by atoms with Crippen LogP contribution in [0, 0.1) is 5.92 Å². The molecule has 2 aromatic carbocycles. The first-order valence-electron chi connectivity index (χ1n) is 7.38. The monoisotopic (exact) mass is 310 g/mol. The highest BCUT2D eigenvalue weighted by atomic mass is 16.3. The third-order valence-electron chi connectivity index (χ3n) is 3.98. The number of para-hydroxylation sites is 1. The molecule has 1 atom stereocenters. The summed E-state index contributed by atoms with van der Waals surface area (Å²) in [5, 5.41) is 19.8. The largest absolute Gasteiger partial charge is 0.504 e. The van der Waals surface area contributed by atoms with Crippen molar-refractivity contribution >= 4 is 22.5 Å². The van der Waals surface area contributed by atoms with Crippen LogP contribution < -0.4 is 5.73 Å². The number of anilines is 1. The van der Waals surface area contributed by atoms with E-state index in [0.717, 1.165) is 16.5 Å². The number of benzene rings is 2. The molecule has 5 heteroatoms. The van der Waals surface area contributed by atoms with Crippen LogP contribution in [-0.4, -0.2) is 20.7 Å². The molecule has 0 spiro atoms. The van der Waals surface area contributed by atoms with Gasteiger partial charge in [0.15, 0.2) is 11.5 Å². The zero-order valence-electron chi connectivity index (χ0n) is 12.7. The zero-order chi connectivity index (χ0) is 16.6. The molecule has 1 unspecified atom stereocenters. The van der Waals surface area contributed by atoms with E-state index in [0.29, 0.717) is 12.1 Å². The van der Waals surface area contributed by atoms with Gasteiger partial charge < -0.3 is 15.9 Å². The summed E-state index contributed by atoms with van der Waals surface area (Å²) >= 11 is 0. The van der Waals surface area contributed by atoms with Gasteiger partial charge in [0, 0.05) is 17.5 Å². The molecular formula is C18H18N2O3. The Morgan fingerprint density at radius 3 is 2.65 bits per heavy atom. The van der Waals surface area contributed by atoms with Gasteiger partial charge in [-0.05, 0) is 30.2 Å². The van der Waals surface area contributed by atoms with Gasteiger partial charge in [-0.25, -0.2) is 0 Å². The van der Waals surface area contributed by atoms with Crippen molar-refractivity contribution in [2.75, 3.05) is 5.73 Å². The van der Waals surface area contributed by atoms with E-state index in [-0.39, 0.29) is 23.3 Å². The number of nitrogen functional groups attached to an aromatic ring is 1. The number of hydrogen-bond donors (Lipinski definition) is 3. The predicted octanol–water partition coefficient (Wildman–Crippen LogP) is 3.15. The Hall–Kier alpha value is -2.95. The number of phenolic OH excluding ortho intramolecular Hbond substituents is 2. The predicted molar refractivity (Wildman–Crippen MR) is 89.6 cm³/mol. The quantitative estimate of drug-likeness (QED) is 0.648. The third-order valence-corrected chi connectivity index (χ3v) is 3.98. The fraction of sp³-hybridized carbons (Fsp3) is 0.167. The van der Waals surface area contributed by atoms with Crippen LogP contribution in [0.4, 0.5) is 5.69 Å². The molecule has 3 aromatic rings. The van der Waals surface area contributed by atoms with Crippen LogP contribution in [0.2, 0.25) is 0 Å². The molecule has 4 N–H and O–H groups in total. The third kappa shape index (κ3) is 2.73. The van der Waals surface area contributed by atoms with Crippen molar-refractivity contribution in [3.8, 4) is 11.5 Å². The lowest BCUT2D eigenvalue weighted by atomic mass is 10.00. The fourth-order valence-electron chi connectivity index (χ4n) is 2.76. The van der Waals surface area contributed by atoms with E-state index in [9.17, 15) is 15.0 Å². The first kappa shape index (κ1) is 15.0. The highest BCUT2D eigenvalue weighted by Crippen LogP contribution is 2.27. The summed E-state index contributed by atoms with van der Waals surface area (Å²) in [5.74, 6) is -0.714. The number of aromatic hydroxyl groups is 2. The summed E-state index contributed by atoms with van der Waals surface area (Å²) in [7, 11) is 0. The number of aromatic nitrogens is 1. The molecule has 0 saturated carbocycles. The van der Waals surface area contributed by atoms with Crippen molar-refractivity contribution in [2.45, 2.75) is 13.3 Å². The van der Waals surface area contributed by atoms with Gasteiger partial charge in [-0.2, -0.15) is 0 Å². The SMILES string of the molecule is CC(Cc1ccc(O)c(O)c1)C(=O)n1cc(N)c2ccccc21. The average molecular weight is 310 g/mol. The number of nitrogens with zero attached hydrogens (tertiary/aromatic N) is 1. The molecule has 118 valence electrons. The molecule has 0 aliphatic rings. The summed E-state index contributed by atoms with van der Waals surface area (Å²) in [5.41, 5.74) is 8.11. The topological polar surface area (TPSA) is 88.5 Å². The van der Waals surface area contributed by atoms with E-state index in [2.05, 4.69) is 0 Å². The van der Waals surface area contributed by atoms with Crippen LogP contribution in [0.5, 0.6) is 11.5 Å². The van der Waals surface area contributed by atoms with E-state index in [4.69, 9.17) is 5.73 Å². The molecule has 0 aliphatic carbocycles. The van der Waals surface area contributed by atoms with Crippen LogP contribution in [0.1, 0.15) is 17.3 Å². The van der Waals surface area contributed by atoms with Crippen molar-refractivity contribution in [1.82, 2.24) is 4.57 Å². The maximum Gasteiger partial charge on any atom is 0.234 e. The highest BCUT2D eigenvalue weighted by molar-refractivity contribution is 5.99. The summed E-state index contributed by atoms with van der Waals surface area (Å²) in [6.45, 7) is 1.83. The lowest BCUT2D eigenvalue weighted by molar-refractivity contribution is 0.0850. The molecule has 0 radical (unpaired) electrons. The minimum Gasteiger partial charge on any atom is -0.504 e. The molecule has 0 saturated heterocycles. The maximum atomic E-state index is 12.7. The van der Waals surface area contributed by atoms with Gasteiger partial charge in [0.05, 0.1) is 11.2 Å². The molecule has 1 heterocycles. The van der Waals surface area contributed by atoms with Gasteiger partial charge in [0.2, 0.25) is 5.91 Å². The minimum atomic E-state index is -0.297. The molecule has 3 rings (SSSR count). The average Bonchev–Trinajstić information content (AvgIpc) is 2.88. The first-order chi connectivity index (χ1) is 11.0. The number of hydrogen-bond acceptors (Lipinski definition) is 4. The summed E-state index contributed by atoms with van der Waals surface area (Å²) in [4.78, 5) is 12.7. The molecule has 0 amide bonds. The number of carbonyl (C=O) groups is 1. The van der Waals surface area contributed by atoms with Crippen LogP contribution in [0.3, 0.4) is 0 Å². The number of carbonyl (C=O) groups excluding carboxylic acids is 1. The Kier molecular flexibility index (Phi) is 3.70. The van der Waals surface area contributed by atoms with Gasteiger partial charge in [0.25, 0.3) is 0 Å². The second-order valence-electron chi connectivity index (χ2n) is 5.74. The lowest BCUT2D eigenvalue weighted by Crippen LogP contribution is -2.20. The second-order valence-corrected chi connectivity index (χ2v) is 5.74. The van der Waals surface area contributed by atoms with E-state index < -0.39 is 0 Å². The standard InChI is InChI=1S/C18H18N2O3/c1-11(8-12-6-7-16(21)17(22)9-12)18(23)20-10-14(19)13-4-2-3-5-15(13)20/h2-7,9-11,21-22H,8,19H2,1H3. The van der Waals surface area contributed by atoms with Crippen LogP contribution in [-0.2, 0) is 6.42 Å². The molecular weight excluding hydrogens is 292 g/mol. The van der Waals surface area contributed by atoms with Crippen molar-refractivity contribution in [3.05, 3.63) is 54.2 Å². The summed E-state index contributed by atoms with van der Waals surface area (Å²) in [6.07, 6.45) is 2.11. The molecule has 0 bridgehead atoms. The Morgan fingerprint density at radius 1 is 1.17 bits per heavy atom. The van der Waals surface area contributed by atoms with Gasteiger partial charge in [-0.15, -0.1) is 0 Å². The Balaban J connectivity index is 1.88. The van der Waals surface area contributed by atoms with Gasteiger partial charge in [-0.1, -0.05) is 31.2 Å². The van der Waals surface area contributed by atoms with E-state index in [1.165, 1.54) is 12.1 Å². The maximum absolute atomic E-state index is 12.7. The number of nitrogens with two attached hydrogens (primary N) is 1. The summed E-state index contributed by atoms with van der Waals surface area (Å²) in [6, 6.07) is 12.1. The van der Waals surface area contributed by atoms with Crippen molar-refractivity contribution in [3.63, 3.8) is 0 Å². The Morgan fingerprint density at radius 2 is 1.91 bits per heavy atom. The summed E-state index contributed by atoms with van der Waals surface area (Å²) < 4.78 is 1.58. The van der Waals surface area contributed by atoms with Gasteiger partial charge in [-0.3, -0.25) is 9.36 Å². The van der Waals surface area contributed by atoms with Crippen molar-refractivity contribution < 1.29 is 15.0 Å². The first-order valence-corrected chi connectivity index (χ1v) is 7.38. The number of rotatable bonds is 3. The van der Waals surface area contributed by atoms with Crippen LogP contribution in [0.25, 0.3) is 10.9 Å². The van der Waals surface area contributed by atoms with Crippen LogP contribution >= 0.6 is 0 Å². The van der Waals surface area contributed by atoms with Gasteiger partial charge >= 0.3 is 0 Å². The molecule has 5 nitrogen and oxygen atoms in total. The van der Waals surface area contributed by atoms with Crippen molar-refractivity contribution in [1.29, 1.82) is 0 Å². The fourth-order valence-corrected chi connectivity index (χ4v) is 2.76. The lowest BCUT2D eigenvalue weighted by Gasteiger charge is -2.12. The van der Waals surface area contributed by atoms with Gasteiger partial charge in [0.1, 0.15) is 0 Å². The molecule has 23 heavy (non-hydrogen) atoms. The Bertz CT molecular complexity index is 883. The number of phenols is 2. The zero-order valence-corrected chi connectivity index (χ0v) is 12.7. The highest BCUT2D eigenvalue weighted by Gasteiger charge is 2.19. The van der Waals surface area contributed by atoms with Crippen LogP contribution in [0.15, 0.2) is 48.7 Å². The smallest absolute Gasteiger partial charge is 0.234 e. The molecule has 1 aromatic heterocycles.